The molecule has 1 heterocycles. The molecular weight excluding hydrogens is 887 g/mol. The lowest BCUT2D eigenvalue weighted by Gasteiger charge is -2.35. The number of Topliss-reactive ketones (excluding diaryl/α,β-unsaturated/α-hetero) is 6. The van der Waals surface area contributed by atoms with E-state index in [0.717, 1.165) is 91.2 Å². The molecule has 1 aliphatic heterocycles. The van der Waals surface area contributed by atoms with Gasteiger partial charge in [-0.1, -0.05) is 92.6 Å². The van der Waals surface area contributed by atoms with Gasteiger partial charge in [0, 0.05) is 81.2 Å². The minimum atomic E-state index is -0.562. The van der Waals surface area contributed by atoms with Gasteiger partial charge < -0.3 is 38.0 Å². The molecule has 374 valence electrons. The molecular formula is C57H71N3O10. The summed E-state index contributed by atoms with van der Waals surface area (Å²) in [5.41, 5.74) is 23.8. The van der Waals surface area contributed by atoms with E-state index >= 15 is 0 Å². The molecule has 0 saturated carbocycles. The first-order valence-corrected chi connectivity index (χ1v) is 24.4. The average Bonchev–Trinajstić information content (AvgIpc) is 3.69. The maximum absolute atomic E-state index is 12.9. The number of carbonyl (C=O) groups excluding carboxylic acids is 6. The summed E-state index contributed by atoms with van der Waals surface area (Å²) in [7, 11) is 0. The number of nitrogens with two attached hydrogens (primary N) is 2. The van der Waals surface area contributed by atoms with Crippen LogP contribution in [-0.2, 0) is 49.8 Å². The van der Waals surface area contributed by atoms with Gasteiger partial charge in [0.25, 0.3) is 0 Å². The number of benzene rings is 3. The van der Waals surface area contributed by atoms with Crippen molar-refractivity contribution >= 4 is 46.2 Å². The first kappa shape index (κ1) is 53.5. The first-order valence-electron chi connectivity index (χ1n) is 24.4. The smallest absolute Gasteiger partial charge is 0.234 e. The van der Waals surface area contributed by atoms with E-state index in [1.54, 1.807) is 19.9 Å². The maximum atomic E-state index is 12.9. The number of ether oxygens (including phenoxy) is 1. The number of rotatable bonds is 4. The molecule has 10 rings (SSSR count). The Labute approximate surface area is 411 Å². The number of carbonyl (C=O) groups is 6. The van der Waals surface area contributed by atoms with Crippen LogP contribution in [0.4, 0.5) is 0 Å². The third kappa shape index (κ3) is 8.52. The molecule has 3 aromatic carbocycles. The molecule has 6 aliphatic carbocycles. The van der Waals surface area contributed by atoms with Crippen LogP contribution < -0.4 is 17.6 Å². The highest BCUT2D eigenvalue weighted by atomic mass is 16.5. The normalized spacial score (nSPS) is 21.8. The Kier molecular flexibility index (Phi) is 14.8. The quantitative estimate of drug-likeness (QED) is 0.158. The van der Waals surface area contributed by atoms with Gasteiger partial charge in [-0.15, -0.1) is 0 Å². The van der Waals surface area contributed by atoms with Gasteiger partial charge in [-0.2, -0.15) is 0 Å². The number of hydrogen-bond acceptors (Lipinski definition) is 12. The van der Waals surface area contributed by atoms with Gasteiger partial charge in [0.15, 0.2) is 5.78 Å². The number of ketones is 6. The van der Waals surface area contributed by atoms with Gasteiger partial charge in [-0.3, -0.25) is 28.8 Å². The van der Waals surface area contributed by atoms with Crippen molar-refractivity contribution in [2.75, 3.05) is 19.8 Å². The summed E-state index contributed by atoms with van der Waals surface area (Å²) in [5, 5.41) is 18.7. The predicted octanol–water partition coefficient (Wildman–Crippen LogP) is 7.67. The molecule has 13 nitrogen and oxygen atoms in total. The lowest BCUT2D eigenvalue weighted by atomic mass is 9.68. The third-order valence-electron chi connectivity index (χ3n) is 16.0. The van der Waals surface area contributed by atoms with E-state index in [1.165, 1.54) is 5.56 Å². The lowest BCUT2D eigenvalue weighted by Crippen LogP contribution is -2.34. The number of aliphatic hydroxyl groups excluding tert-OH is 2. The van der Waals surface area contributed by atoms with Gasteiger partial charge in [-0.05, 0) is 113 Å². The Morgan fingerprint density at radius 3 is 1.40 bits per heavy atom. The second kappa shape index (κ2) is 19.4. The number of allylic oxidation sites excluding steroid dienone is 1. The largest absolute Gasteiger partial charge is 0.492 e. The zero-order valence-corrected chi connectivity index (χ0v) is 42.3. The fourth-order valence-corrected chi connectivity index (χ4v) is 12.1. The number of aliphatic hydroxyl groups is 2. The molecule has 7 aliphatic rings. The third-order valence-corrected chi connectivity index (χ3v) is 16.0. The Bertz CT molecular complexity index is 2860. The van der Waals surface area contributed by atoms with Crippen molar-refractivity contribution in [1.82, 2.24) is 6.15 Å². The van der Waals surface area contributed by atoms with Gasteiger partial charge in [-0.25, -0.2) is 0 Å². The number of hydrogen-bond donors (Lipinski definition) is 5. The summed E-state index contributed by atoms with van der Waals surface area (Å²) in [6.07, 6.45) is 8.79. The van der Waals surface area contributed by atoms with Crippen LogP contribution >= 0.6 is 0 Å². The zero-order chi connectivity index (χ0) is 49.5. The molecule has 0 fully saturated rings. The van der Waals surface area contributed by atoms with Gasteiger partial charge in [0.2, 0.25) is 28.9 Å². The average molecular weight is 958 g/mol. The van der Waals surface area contributed by atoms with Crippen molar-refractivity contribution in [3.8, 4) is 0 Å². The van der Waals surface area contributed by atoms with Crippen molar-refractivity contribution in [3.63, 3.8) is 0 Å². The van der Waals surface area contributed by atoms with E-state index < -0.39 is 23.4 Å². The highest BCUT2D eigenvalue weighted by Crippen LogP contribution is 2.47. The van der Waals surface area contributed by atoms with Gasteiger partial charge >= 0.3 is 0 Å². The van der Waals surface area contributed by atoms with Crippen LogP contribution in [0.25, 0.3) is 11.5 Å². The minimum absolute atomic E-state index is 0. The van der Waals surface area contributed by atoms with Crippen LogP contribution in [0, 0.1) is 17.8 Å². The molecule has 3 atom stereocenters. The molecule has 0 aromatic heterocycles. The van der Waals surface area contributed by atoms with Crippen LogP contribution in [0.2, 0.25) is 0 Å². The van der Waals surface area contributed by atoms with E-state index in [0.29, 0.717) is 51.5 Å². The van der Waals surface area contributed by atoms with Crippen molar-refractivity contribution < 1.29 is 49.2 Å². The Hall–Kier alpha value is -5.86. The van der Waals surface area contributed by atoms with E-state index in [1.807, 2.05) is 31.2 Å². The number of fused-ring (bicyclic) bond motifs is 10. The molecule has 3 aromatic rings. The molecule has 11 N–H and O–H groups in total. The van der Waals surface area contributed by atoms with Gasteiger partial charge in [0.1, 0.15) is 5.76 Å². The molecule has 0 radical (unpaired) electrons. The summed E-state index contributed by atoms with van der Waals surface area (Å²) in [6, 6.07) is 11.8. The standard InChI is InChI=1S/2C19H23NO3.C19H20O3.H3N.H2O/c1-10(9-21)14-16(20)18(23)15-11-5-4-8-19(2,3)13(11)7-6-12(15)17(14)22;1-10(9-21)14-16(20)12-6-7-13-11(5-4-8-19(13,2)3)15(12)18(23)17(14)22;1-10-9-22-18-12-6-7-13-11(5-4-8-19(13,2)3)15(12)17(21)16(20)14(10)18;;/h2*6-7,10,21H,4-5,8-9,20H2,1-3H3;6-7,10H,4-5,8-9H2,1-3H3;1H3;1H2. The topological polar surface area (TPSA) is 271 Å². The highest BCUT2D eigenvalue weighted by molar-refractivity contribution is 6.53. The second-order valence-corrected chi connectivity index (χ2v) is 22.0. The lowest BCUT2D eigenvalue weighted by molar-refractivity contribution is -0.113. The van der Waals surface area contributed by atoms with Gasteiger partial charge in [0.05, 0.1) is 17.9 Å². The summed E-state index contributed by atoms with van der Waals surface area (Å²) in [5.74, 6) is -2.42. The predicted molar refractivity (Wildman–Crippen MR) is 270 cm³/mol. The second-order valence-electron chi connectivity index (χ2n) is 22.0. The molecule has 0 saturated heterocycles. The molecule has 70 heavy (non-hydrogen) atoms. The van der Waals surface area contributed by atoms with Crippen molar-refractivity contribution in [1.29, 1.82) is 0 Å². The monoisotopic (exact) mass is 958 g/mol. The maximum Gasteiger partial charge on any atom is 0.234 e. The molecule has 0 bridgehead atoms. The summed E-state index contributed by atoms with van der Waals surface area (Å²) < 4.78 is 5.76. The van der Waals surface area contributed by atoms with Crippen molar-refractivity contribution in [2.24, 2.45) is 29.2 Å². The zero-order valence-electron chi connectivity index (χ0n) is 42.3. The molecule has 13 heteroatoms. The SMILES string of the molecule is CC(CO)C1=C(N)C(=O)c2c(ccc3c2CCCC3(C)C)C1=O.CC(CO)C1=C(N)c2ccc3c(c2C(=O)C1=O)CCCC3(C)C.CC1COC2=C1C(=O)C(=O)c1c2ccc2c1CCCC2(C)C.N.O. The van der Waals surface area contributed by atoms with Crippen LogP contribution in [-0.4, -0.2) is 70.2 Å². The first-order chi connectivity index (χ1) is 32.0. The van der Waals surface area contributed by atoms with Crippen molar-refractivity contribution in [3.05, 3.63) is 126 Å². The van der Waals surface area contributed by atoms with Crippen LogP contribution in [0.5, 0.6) is 0 Å². The van der Waals surface area contributed by atoms with E-state index in [9.17, 15) is 39.0 Å². The van der Waals surface area contributed by atoms with E-state index in [-0.39, 0.29) is 87.0 Å². The summed E-state index contributed by atoms with van der Waals surface area (Å²) in [4.78, 5) is 76.3. The van der Waals surface area contributed by atoms with Crippen LogP contribution in [0.15, 0.2) is 58.8 Å². The minimum Gasteiger partial charge on any atom is -0.492 e. The van der Waals surface area contributed by atoms with Crippen molar-refractivity contribution in [2.45, 2.75) is 136 Å². The summed E-state index contributed by atoms with van der Waals surface area (Å²) in [6.45, 7) is 18.6. The van der Waals surface area contributed by atoms with Crippen LogP contribution in [0.1, 0.15) is 187 Å². The Morgan fingerprint density at radius 2 is 0.943 bits per heavy atom. The van der Waals surface area contributed by atoms with Crippen LogP contribution in [0.3, 0.4) is 0 Å². The summed E-state index contributed by atoms with van der Waals surface area (Å²) >= 11 is 0. The fraction of sp³-hybridized carbons (Fsp3) is 0.474. The molecule has 0 amide bonds. The Morgan fingerprint density at radius 1 is 0.557 bits per heavy atom. The van der Waals surface area contributed by atoms with E-state index in [2.05, 4.69) is 47.6 Å². The molecule has 0 spiro atoms. The molecule has 3 unspecified atom stereocenters. The Balaban J connectivity index is 0.000000170. The van der Waals surface area contributed by atoms with E-state index in [4.69, 9.17) is 16.2 Å². The fourth-order valence-electron chi connectivity index (χ4n) is 12.1. The highest BCUT2D eigenvalue weighted by Gasteiger charge is 2.44.